The number of fused-ring (bicyclic) bond motifs is 1. The van der Waals surface area contributed by atoms with Crippen molar-refractivity contribution in [3.63, 3.8) is 0 Å². The fourth-order valence-electron chi connectivity index (χ4n) is 4.13. The average molecular weight is 449 g/mol. The van der Waals surface area contributed by atoms with E-state index in [9.17, 15) is 0 Å². The van der Waals surface area contributed by atoms with Crippen LogP contribution in [0.1, 0.15) is 0 Å². The minimum Gasteiger partial charge on any atom is -0.493 e. The number of hydrogen-bond acceptors (Lipinski definition) is 5. The summed E-state index contributed by atoms with van der Waals surface area (Å²) in [7, 11) is 4.81. The van der Waals surface area contributed by atoms with Crippen LogP contribution in [-0.4, -0.2) is 31.3 Å². The lowest BCUT2D eigenvalue weighted by Crippen LogP contribution is -1.99. The zero-order chi connectivity index (χ0) is 23.5. The second-order valence-electron chi connectivity index (χ2n) is 7.77. The number of benzene rings is 4. The minimum absolute atomic E-state index is 0.542. The Morgan fingerprint density at radius 3 is 1.91 bits per heavy atom. The van der Waals surface area contributed by atoms with E-state index in [4.69, 9.17) is 24.2 Å². The van der Waals surface area contributed by atoms with Gasteiger partial charge in [-0.1, -0.05) is 72.8 Å². The van der Waals surface area contributed by atoms with Gasteiger partial charge in [0.15, 0.2) is 17.3 Å². The van der Waals surface area contributed by atoms with Crippen LogP contribution in [0.25, 0.3) is 44.7 Å². The Hall–Kier alpha value is -4.38. The Balaban J connectivity index is 1.77. The first-order chi connectivity index (χ1) is 16.7. The van der Waals surface area contributed by atoms with Crippen molar-refractivity contribution < 1.29 is 14.2 Å². The summed E-state index contributed by atoms with van der Waals surface area (Å²) in [6, 6.07) is 30.4. The van der Waals surface area contributed by atoms with Gasteiger partial charge in [0.25, 0.3) is 0 Å². The molecule has 0 amide bonds. The van der Waals surface area contributed by atoms with E-state index in [2.05, 4.69) is 30.3 Å². The van der Waals surface area contributed by atoms with Crippen LogP contribution in [0.3, 0.4) is 0 Å². The normalized spacial score (nSPS) is 10.8. The topological polar surface area (TPSA) is 53.5 Å². The number of rotatable bonds is 6. The summed E-state index contributed by atoms with van der Waals surface area (Å²) >= 11 is 0. The fourth-order valence-corrected chi connectivity index (χ4v) is 4.13. The van der Waals surface area contributed by atoms with Gasteiger partial charge in [0, 0.05) is 16.7 Å². The molecule has 0 saturated heterocycles. The van der Waals surface area contributed by atoms with Gasteiger partial charge < -0.3 is 14.2 Å². The molecule has 5 nitrogen and oxygen atoms in total. The summed E-state index contributed by atoms with van der Waals surface area (Å²) in [6.07, 6.45) is 0. The Bertz CT molecular complexity index is 1440. The molecule has 1 heterocycles. The maximum atomic E-state index is 5.58. The molecule has 168 valence electrons. The van der Waals surface area contributed by atoms with Crippen LogP contribution in [0.4, 0.5) is 0 Å². The molecule has 0 aliphatic heterocycles. The van der Waals surface area contributed by atoms with Gasteiger partial charge in [0.1, 0.15) is 0 Å². The first-order valence-electron chi connectivity index (χ1n) is 10.9. The highest BCUT2D eigenvalue weighted by Crippen LogP contribution is 2.41. The maximum absolute atomic E-state index is 5.58. The first kappa shape index (κ1) is 21.5. The fraction of sp³-hybridized carbons (Fsp3) is 0.103. The third-order valence-corrected chi connectivity index (χ3v) is 5.78. The van der Waals surface area contributed by atoms with Gasteiger partial charge in [-0.25, -0.2) is 9.97 Å². The molecule has 0 aliphatic rings. The molecule has 0 fully saturated rings. The molecule has 0 unspecified atom stereocenters. The molecule has 5 aromatic rings. The van der Waals surface area contributed by atoms with Crippen LogP contribution >= 0.6 is 0 Å². The number of nitrogens with zero attached hydrogens (tertiary/aromatic N) is 2. The standard InChI is InChI=1S/C29H24N2O3/c1-32-26-16-21(17-27(33-2)28(26)34-3)24-18-25(31-29(30-24)20-11-5-4-6-12-20)23-15-9-13-19-10-7-8-14-22(19)23/h4-18H,1-3H3. The van der Waals surface area contributed by atoms with E-state index in [1.807, 2.05) is 60.7 Å². The Kier molecular flexibility index (Phi) is 5.83. The maximum Gasteiger partial charge on any atom is 0.203 e. The first-order valence-corrected chi connectivity index (χ1v) is 10.9. The van der Waals surface area contributed by atoms with Crippen LogP contribution in [0.5, 0.6) is 17.2 Å². The van der Waals surface area contributed by atoms with Gasteiger partial charge in [0.2, 0.25) is 5.75 Å². The van der Waals surface area contributed by atoms with E-state index >= 15 is 0 Å². The zero-order valence-corrected chi connectivity index (χ0v) is 19.3. The van der Waals surface area contributed by atoms with E-state index < -0.39 is 0 Å². The van der Waals surface area contributed by atoms with Gasteiger partial charge in [-0.15, -0.1) is 0 Å². The van der Waals surface area contributed by atoms with Gasteiger partial charge in [-0.3, -0.25) is 0 Å². The summed E-state index contributed by atoms with van der Waals surface area (Å²) in [5.41, 5.74) is 4.44. The zero-order valence-electron chi connectivity index (χ0n) is 19.3. The predicted octanol–water partition coefficient (Wildman–Crippen LogP) is 6.66. The second kappa shape index (κ2) is 9.24. The van der Waals surface area contributed by atoms with E-state index in [1.165, 1.54) is 0 Å². The summed E-state index contributed by atoms with van der Waals surface area (Å²) in [5, 5.41) is 2.30. The lowest BCUT2D eigenvalue weighted by molar-refractivity contribution is 0.324. The molecule has 0 atom stereocenters. The van der Waals surface area contributed by atoms with E-state index in [0.717, 1.165) is 38.9 Å². The third kappa shape index (κ3) is 3.92. The molecule has 5 rings (SSSR count). The summed E-state index contributed by atoms with van der Waals surface area (Å²) in [4.78, 5) is 9.89. The summed E-state index contributed by atoms with van der Waals surface area (Å²) < 4.78 is 16.7. The molecular weight excluding hydrogens is 424 g/mol. The van der Waals surface area contributed by atoms with Crippen molar-refractivity contribution in [2.24, 2.45) is 0 Å². The molecular formula is C29H24N2O3. The lowest BCUT2D eigenvalue weighted by Gasteiger charge is -2.15. The minimum atomic E-state index is 0.542. The van der Waals surface area contributed by atoms with Crippen molar-refractivity contribution >= 4 is 10.8 Å². The van der Waals surface area contributed by atoms with E-state index in [0.29, 0.717) is 23.1 Å². The Morgan fingerprint density at radius 1 is 0.559 bits per heavy atom. The van der Waals surface area contributed by atoms with Crippen LogP contribution in [0, 0.1) is 0 Å². The molecule has 0 spiro atoms. The highest BCUT2D eigenvalue weighted by molar-refractivity contribution is 5.96. The van der Waals surface area contributed by atoms with Crippen molar-refractivity contribution in [2.45, 2.75) is 0 Å². The lowest BCUT2D eigenvalue weighted by atomic mass is 10.00. The quantitative estimate of drug-likeness (QED) is 0.291. The van der Waals surface area contributed by atoms with Gasteiger partial charge in [-0.05, 0) is 29.0 Å². The number of hydrogen-bond donors (Lipinski definition) is 0. The number of ether oxygens (including phenoxy) is 3. The van der Waals surface area contributed by atoms with E-state index in [1.54, 1.807) is 21.3 Å². The molecule has 0 radical (unpaired) electrons. The van der Waals surface area contributed by atoms with Crippen LogP contribution in [0.15, 0.2) is 91.0 Å². The number of methoxy groups -OCH3 is 3. The molecule has 1 aromatic heterocycles. The molecule has 5 heteroatoms. The smallest absolute Gasteiger partial charge is 0.203 e. The second-order valence-corrected chi connectivity index (χ2v) is 7.77. The average Bonchev–Trinajstić information content (AvgIpc) is 2.92. The van der Waals surface area contributed by atoms with Crippen molar-refractivity contribution in [2.75, 3.05) is 21.3 Å². The molecule has 0 saturated carbocycles. The van der Waals surface area contributed by atoms with Gasteiger partial charge in [0.05, 0.1) is 32.7 Å². The van der Waals surface area contributed by atoms with Crippen molar-refractivity contribution in [1.82, 2.24) is 9.97 Å². The van der Waals surface area contributed by atoms with Crippen LogP contribution in [-0.2, 0) is 0 Å². The monoisotopic (exact) mass is 448 g/mol. The predicted molar refractivity (Wildman–Crippen MR) is 136 cm³/mol. The van der Waals surface area contributed by atoms with Crippen LogP contribution < -0.4 is 14.2 Å². The third-order valence-electron chi connectivity index (χ3n) is 5.78. The molecule has 0 N–H and O–H groups in total. The highest BCUT2D eigenvalue weighted by Gasteiger charge is 2.17. The van der Waals surface area contributed by atoms with Crippen LogP contribution in [0.2, 0.25) is 0 Å². The van der Waals surface area contributed by atoms with Crippen molar-refractivity contribution in [1.29, 1.82) is 0 Å². The molecule has 0 aliphatic carbocycles. The molecule has 4 aromatic carbocycles. The van der Waals surface area contributed by atoms with Gasteiger partial charge in [-0.2, -0.15) is 0 Å². The highest BCUT2D eigenvalue weighted by atomic mass is 16.5. The Morgan fingerprint density at radius 2 is 1.21 bits per heavy atom. The SMILES string of the molecule is COc1cc(-c2cc(-c3cccc4ccccc34)nc(-c3ccccc3)n2)cc(OC)c1OC. The summed E-state index contributed by atoms with van der Waals surface area (Å²) in [6.45, 7) is 0. The van der Waals surface area contributed by atoms with Gasteiger partial charge >= 0.3 is 0 Å². The number of aromatic nitrogens is 2. The Labute approximate surface area is 198 Å². The molecule has 34 heavy (non-hydrogen) atoms. The summed E-state index contributed by atoms with van der Waals surface area (Å²) in [5.74, 6) is 2.34. The van der Waals surface area contributed by atoms with Crippen molar-refractivity contribution in [3.8, 4) is 51.2 Å². The largest absolute Gasteiger partial charge is 0.493 e. The molecule has 0 bridgehead atoms. The van der Waals surface area contributed by atoms with E-state index in [-0.39, 0.29) is 0 Å². The van der Waals surface area contributed by atoms with Crippen molar-refractivity contribution in [3.05, 3.63) is 91.0 Å².